The third-order valence-electron chi connectivity index (χ3n) is 8.60. The van der Waals surface area contributed by atoms with Gasteiger partial charge in [0.05, 0.1) is 40.3 Å². The van der Waals surface area contributed by atoms with Gasteiger partial charge in [-0.05, 0) is 77.0 Å². The van der Waals surface area contributed by atoms with Crippen LogP contribution >= 0.6 is 0 Å². The lowest BCUT2D eigenvalue weighted by Crippen LogP contribution is -2.55. The van der Waals surface area contributed by atoms with Crippen LogP contribution in [0.15, 0.2) is 146 Å². The van der Waals surface area contributed by atoms with Crippen LogP contribution < -0.4 is 5.11 Å². The van der Waals surface area contributed by atoms with Crippen molar-refractivity contribution in [2.24, 2.45) is 0 Å². The largest absolute Gasteiger partial charge is 0.544 e. The Morgan fingerprint density at radius 2 is 0.933 bits per heavy atom. The van der Waals surface area contributed by atoms with Crippen LogP contribution in [0.2, 0.25) is 0 Å². The van der Waals surface area contributed by atoms with Crippen LogP contribution in [-0.4, -0.2) is 75.5 Å². The average molecular weight is 828 g/mol. The van der Waals surface area contributed by atoms with Gasteiger partial charge in [-0.1, -0.05) is 160 Å². The van der Waals surface area contributed by atoms with Crippen molar-refractivity contribution in [3.8, 4) is 0 Å². The maximum atomic E-state index is 12.7. The highest BCUT2D eigenvalue weighted by atomic mass is 16.6. The molecule has 2 unspecified atom stereocenters. The summed E-state index contributed by atoms with van der Waals surface area (Å²) in [5.41, 5.74) is 0. The van der Waals surface area contributed by atoms with Crippen molar-refractivity contribution in [2.75, 3.05) is 41.0 Å². The molecule has 0 amide bonds. The number of quaternary nitrogens is 1. The first-order valence-corrected chi connectivity index (χ1v) is 21.9. The number of carbonyl (C=O) groups is 3. The number of likely N-dealkylation sites (N-methyl/N-ethyl adjacent to an activating group) is 1. The van der Waals surface area contributed by atoms with Gasteiger partial charge in [-0.25, -0.2) is 0 Å². The van der Waals surface area contributed by atoms with Gasteiger partial charge in [-0.2, -0.15) is 0 Å². The molecule has 8 nitrogen and oxygen atoms in total. The molecule has 0 bridgehead atoms. The number of allylic oxidation sites excluding steroid dienone is 24. The first kappa shape index (κ1) is 55.2. The van der Waals surface area contributed by atoms with Crippen LogP contribution in [0.5, 0.6) is 0 Å². The van der Waals surface area contributed by atoms with E-state index in [0.717, 1.165) is 57.8 Å². The number of unbranched alkanes of at least 4 members (excludes halogenated alkanes) is 2. The van der Waals surface area contributed by atoms with E-state index in [2.05, 4.69) is 105 Å². The first-order valence-electron chi connectivity index (χ1n) is 21.9. The fourth-order valence-corrected chi connectivity index (χ4v) is 5.26. The van der Waals surface area contributed by atoms with Crippen molar-refractivity contribution in [1.29, 1.82) is 0 Å². The molecule has 0 fully saturated rings. The standard InChI is InChI=1S/C52H77NO7/c1-6-8-10-12-14-16-18-20-21-22-23-24-25-26-27-28-29-31-33-35-37-39-41-43-51(55)60-48(46-58-45-44-49(52(56)57)53(3,4)5)47-59-50(54)42-40-38-36-34-32-30-19-17-15-13-11-9-7-2/h8-11,13-17,19-21,23-24,26-27,29-32,34-37,48-49H,6-7,12,18,22,25,28,33,38-47H2,1-5H3/b10-8+,11-9+,15-13+,16-14+,19-17+,21-20+,24-23+,27-26+,31-29+,32-30+,36-34+,37-35+. The zero-order chi connectivity index (χ0) is 44.2. The number of carboxylic acid groups (broad SMARTS) is 1. The van der Waals surface area contributed by atoms with E-state index in [0.29, 0.717) is 19.3 Å². The van der Waals surface area contributed by atoms with Crippen molar-refractivity contribution < 1.29 is 38.2 Å². The predicted molar refractivity (Wildman–Crippen MR) is 249 cm³/mol. The smallest absolute Gasteiger partial charge is 0.306 e. The molecule has 0 aromatic rings. The molecule has 0 aliphatic heterocycles. The molecule has 0 aliphatic carbocycles. The third-order valence-corrected chi connectivity index (χ3v) is 8.60. The number of aliphatic carboxylic acids is 1. The maximum absolute atomic E-state index is 12.7. The van der Waals surface area contributed by atoms with Crippen LogP contribution in [-0.2, 0) is 28.6 Å². The Bertz CT molecular complexity index is 1480. The van der Waals surface area contributed by atoms with Crippen molar-refractivity contribution in [3.63, 3.8) is 0 Å². The Hall–Kier alpha value is -4.79. The molecule has 0 heterocycles. The quantitative estimate of drug-likeness (QED) is 0.0204. The Morgan fingerprint density at radius 3 is 1.40 bits per heavy atom. The van der Waals surface area contributed by atoms with E-state index in [4.69, 9.17) is 14.2 Å². The second-order valence-electron chi connectivity index (χ2n) is 14.9. The van der Waals surface area contributed by atoms with Crippen LogP contribution in [0.4, 0.5) is 0 Å². The minimum atomic E-state index is -1.15. The highest BCUT2D eigenvalue weighted by Gasteiger charge is 2.25. The number of carbonyl (C=O) groups excluding carboxylic acids is 3. The van der Waals surface area contributed by atoms with Gasteiger partial charge in [0.1, 0.15) is 12.6 Å². The van der Waals surface area contributed by atoms with Gasteiger partial charge >= 0.3 is 11.9 Å². The molecule has 0 saturated heterocycles. The van der Waals surface area contributed by atoms with Gasteiger partial charge in [-0.15, -0.1) is 0 Å². The zero-order valence-electron chi connectivity index (χ0n) is 37.5. The van der Waals surface area contributed by atoms with E-state index in [9.17, 15) is 19.5 Å². The summed E-state index contributed by atoms with van der Waals surface area (Å²) in [6.45, 7) is 4.21. The summed E-state index contributed by atoms with van der Waals surface area (Å²) in [4.78, 5) is 36.8. The highest BCUT2D eigenvalue weighted by molar-refractivity contribution is 5.70. The Kier molecular flexibility index (Phi) is 37.7. The van der Waals surface area contributed by atoms with Gasteiger partial charge in [0, 0.05) is 19.3 Å². The van der Waals surface area contributed by atoms with Crippen molar-refractivity contribution in [3.05, 3.63) is 146 Å². The number of rotatable bonds is 36. The van der Waals surface area contributed by atoms with Crippen molar-refractivity contribution in [2.45, 2.75) is 122 Å². The molecule has 8 heteroatoms. The zero-order valence-corrected chi connectivity index (χ0v) is 37.5. The molecule has 0 aromatic carbocycles. The second-order valence-corrected chi connectivity index (χ2v) is 14.9. The average Bonchev–Trinajstić information content (AvgIpc) is 3.21. The lowest BCUT2D eigenvalue weighted by atomic mass is 10.1. The molecule has 0 spiro atoms. The summed E-state index contributed by atoms with van der Waals surface area (Å²) in [6.07, 6.45) is 60.4. The molecule has 0 radical (unpaired) electrons. The van der Waals surface area contributed by atoms with Gasteiger partial charge in [-0.3, -0.25) is 9.59 Å². The minimum Gasteiger partial charge on any atom is -0.544 e. The summed E-state index contributed by atoms with van der Waals surface area (Å²) in [6, 6.07) is -0.757. The van der Waals surface area contributed by atoms with Gasteiger partial charge in [0.2, 0.25) is 0 Å². The SMILES string of the molecule is CC/C=C/C=C/C=C/C=C/C=C/CCCC(=O)OCC(COCCC(C(=O)[O-])[N+](C)(C)C)OC(=O)CCC/C=C/C/C=C/C/C=C/C/C=C/C/C=C/C/C=C/C/C=C/CC. The molecule has 0 rings (SSSR count). The van der Waals surface area contributed by atoms with E-state index in [-0.39, 0.29) is 49.5 Å². The first-order chi connectivity index (χ1) is 29.1. The molecule has 0 N–H and O–H groups in total. The van der Waals surface area contributed by atoms with Crippen LogP contribution in [0.25, 0.3) is 0 Å². The van der Waals surface area contributed by atoms with Gasteiger partial charge in [0.25, 0.3) is 0 Å². The second kappa shape index (κ2) is 41.0. The maximum Gasteiger partial charge on any atom is 0.306 e. The lowest BCUT2D eigenvalue weighted by Gasteiger charge is -2.34. The Labute approximate surface area is 364 Å². The summed E-state index contributed by atoms with van der Waals surface area (Å²) >= 11 is 0. The molecule has 0 saturated carbocycles. The minimum absolute atomic E-state index is 0.0173. The van der Waals surface area contributed by atoms with Crippen molar-refractivity contribution >= 4 is 17.9 Å². The van der Waals surface area contributed by atoms with Crippen LogP contribution in [0, 0.1) is 0 Å². The van der Waals surface area contributed by atoms with Gasteiger partial charge in [0.15, 0.2) is 6.10 Å². The summed E-state index contributed by atoms with van der Waals surface area (Å²) in [5, 5.41) is 11.6. The monoisotopic (exact) mass is 828 g/mol. The lowest BCUT2D eigenvalue weighted by molar-refractivity contribution is -0.889. The summed E-state index contributed by atoms with van der Waals surface area (Å²) < 4.78 is 17.0. The fraction of sp³-hybridized carbons (Fsp3) is 0.481. The third kappa shape index (κ3) is 38.7. The topological polar surface area (TPSA) is 102 Å². The van der Waals surface area contributed by atoms with E-state index in [1.807, 2.05) is 54.7 Å². The van der Waals surface area contributed by atoms with E-state index >= 15 is 0 Å². The highest BCUT2D eigenvalue weighted by Crippen LogP contribution is 2.10. The molecular weight excluding hydrogens is 751 g/mol. The number of hydrogen-bond donors (Lipinski definition) is 0. The number of ether oxygens (including phenoxy) is 3. The molecule has 60 heavy (non-hydrogen) atoms. The Balaban J connectivity index is 4.57. The molecule has 332 valence electrons. The number of carboxylic acids is 1. The molecule has 0 aliphatic rings. The predicted octanol–water partition coefficient (Wildman–Crippen LogP) is 10.8. The fourth-order valence-electron chi connectivity index (χ4n) is 5.26. The normalized spacial score (nSPS) is 14.3. The molecule has 0 aromatic heterocycles. The van der Waals surface area contributed by atoms with Gasteiger partial charge < -0.3 is 28.6 Å². The van der Waals surface area contributed by atoms with Crippen LogP contribution in [0.1, 0.15) is 110 Å². The van der Waals surface area contributed by atoms with E-state index < -0.39 is 24.1 Å². The number of nitrogens with zero attached hydrogens (tertiary/aromatic N) is 1. The van der Waals surface area contributed by atoms with Crippen LogP contribution in [0.3, 0.4) is 0 Å². The molecular formula is C52H77NO7. The number of esters is 2. The Morgan fingerprint density at radius 1 is 0.517 bits per heavy atom. The summed E-state index contributed by atoms with van der Waals surface area (Å²) in [5.74, 6) is -1.94. The molecule has 2 atom stereocenters. The summed E-state index contributed by atoms with van der Waals surface area (Å²) in [7, 11) is 5.34. The number of hydrogen-bond acceptors (Lipinski definition) is 7. The van der Waals surface area contributed by atoms with E-state index in [1.165, 1.54) is 0 Å². The van der Waals surface area contributed by atoms with E-state index in [1.54, 1.807) is 21.1 Å². The van der Waals surface area contributed by atoms with Crippen molar-refractivity contribution in [1.82, 2.24) is 0 Å².